The van der Waals surface area contributed by atoms with E-state index in [1.165, 1.54) is 43.1 Å². The summed E-state index contributed by atoms with van der Waals surface area (Å²) in [7, 11) is 0.565. The second kappa shape index (κ2) is 15.7. The normalized spacial score (nSPS) is 10.6. The van der Waals surface area contributed by atoms with Crippen molar-refractivity contribution < 1.29 is 19.2 Å². The molecule has 0 heterocycles. The van der Waals surface area contributed by atoms with Crippen molar-refractivity contribution in [1.82, 2.24) is 0 Å². The van der Waals surface area contributed by atoms with E-state index in [9.17, 15) is 0 Å². The van der Waals surface area contributed by atoms with Gasteiger partial charge in [-0.25, -0.2) is 0 Å². The predicted molar refractivity (Wildman–Crippen MR) is 193 cm³/mol. The average Bonchev–Trinajstić information content (AvgIpc) is 3.51. The van der Waals surface area contributed by atoms with E-state index < -0.39 is 16.1 Å². The summed E-state index contributed by atoms with van der Waals surface area (Å²) in [5, 5.41) is 14.2. The first-order valence-electron chi connectivity index (χ1n) is 12.5. The number of hydrogen-bond acceptors (Lipinski definition) is 0. The van der Waals surface area contributed by atoms with Crippen LogP contribution in [0.2, 0.25) is 39.3 Å². The molecule has 0 bridgehead atoms. The van der Waals surface area contributed by atoms with Gasteiger partial charge in [0.15, 0.2) is 0 Å². The zero-order valence-corrected chi connectivity index (χ0v) is 31.2. The van der Waals surface area contributed by atoms with E-state index >= 15 is 0 Å². The molecule has 0 nitrogen and oxygen atoms in total. The Kier molecular flexibility index (Phi) is 15.1. The summed E-state index contributed by atoms with van der Waals surface area (Å²) < 4.78 is 0. The first-order valence-corrected chi connectivity index (χ1v) is 22.4. The van der Waals surface area contributed by atoms with Gasteiger partial charge in [-0.2, -0.15) is 12.1 Å². The Morgan fingerprint density at radius 3 is 1.12 bits per heavy atom. The molecule has 6 heteroatoms. The zero-order valence-electron chi connectivity index (χ0n) is 25.1. The van der Waals surface area contributed by atoms with Crippen molar-refractivity contribution in [2.24, 2.45) is 0 Å². The molecular formula is C34H42Cl2Si3Ti-4. The molecule has 0 aliphatic heterocycles. The van der Waals surface area contributed by atoms with E-state index in [0.29, 0.717) is 0 Å². The van der Waals surface area contributed by atoms with E-state index in [2.05, 4.69) is 144 Å². The quantitative estimate of drug-likeness (QED) is 0.129. The Hall–Kier alpha value is -1.44. The van der Waals surface area contributed by atoms with Crippen LogP contribution in [0, 0.1) is 14.9 Å². The number of fused-ring (bicyclic) bond motifs is 6. The van der Waals surface area contributed by atoms with Crippen LogP contribution in [0.1, 0.15) is 0 Å². The van der Waals surface area contributed by atoms with E-state index in [4.69, 9.17) is 0 Å². The third kappa shape index (κ3) is 8.32. The summed E-state index contributed by atoms with van der Waals surface area (Å²) in [5.41, 5.74) is 0. The third-order valence-electron chi connectivity index (χ3n) is 6.96. The SMILES string of the molecule is C[Si](C)(C)c1cc2ccc3ccccc3c2[cH-]1.C[Si](C)(C)c1cc2ccc3ccccc3c2[cH-]1.Cl.Cl.[CH3-].[CH3-].[Si]=[Ti]. The van der Waals surface area contributed by atoms with E-state index in [1.54, 1.807) is 29.5 Å². The molecule has 0 atom stereocenters. The summed E-state index contributed by atoms with van der Waals surface area (Å²) in [6, 6.07) is 35.8. The maximum absolute atomic E-state index is 2.97. The van der Waals surface area contributed by atoms with Crippen LogP contribution >= 0.6 is 24.8 Å². The minimum absolute atomic E-state index is 0. The summed E-state index contributed by atoms with van der Waals surface area (Å²) in [6.45, 7) is 14.4. The van der Waals surface area contributed by atoms with Gasteiger partial charge in [-0.1, -0.05) is 121 Å². The molecule has 2 radical (unpaired) electrons. The molecule has 40 heavy (non-hydrogen) atoms. The van der Waals surface area contributed by atoms with Gasteiger partial charge in [0.2, 0.25) is 0 Å². The molecule has 0 aliphatic carbocycles. The number of halogens is 2. The Labute approximate surface area is 270 Å². The predicted octanol–water partition coefficient (Wildman–Crippen LogP) is 9.88. The van der Waals surface area contributed by atoms with E-state index in [1.807, 2.05) is 0 Å². The molecule has 0 unspecified atom stereocenters. The molecule has 0 aromatic heterocycles. The molecule has 6 aromatic carbocycles. The van der Waals surface area contributed by atoms with Crippen molar-refractivity contribution in [2.75, 3.05) is 0 Å². The van der Waals surface area contributed by atoms with Crippen LogP contribution in [0.3, 0.4) is 0 Å². The molecular weight excluding hydrogens is 611 g/mol. The fourth-order valence-electron chi connectivity index (χ4n) is 4.79. The molecule has 0 N–H and O–H groups in total. The van der Waals surface area contributed by atoms with E-state index in [-0.39, 0.29) is 39.7 Å². The van der Waals surface area contributed by atoms with Crippen LogP contribution in [0.15, 0.2) is 97.1 Å². The van der Waals surface area contributed by atoms with Crippen LogP contribution in [0.25, 0.3) is 43.1 Å². The van der Waals surface area contributed by atoms with Gasteiger partial charge in [0, 0.05) is 0 Å². The Morgan fingerprint density at radius 2 is 0.800 bits per heavy atom. The van der Waals surface area contributed by atoms with Gasteiger partial charge in [-0.15, -0.1) is 81.0 Å². The van der Waals surface area contributed by atoms with Crippen molar-refractivity contribution >= 4 is 102 Å². The number of hydrogen-bond donors (Lipinski definition) is 0. The fourth-order valence-corrected chi connectivity index (χ4v) is 7.13. The molecule has 212 valence electrons. The molecule has 0 fully saturated rings. The monoisotopic (exact) mass is 652 g/mol. The summed E-state index contributed by atoms with van der Waals surface area (Å²) in [6.07, 6.45) is 0. The van der Waals surface area contributed by atoms with Gasteiger partial charge in [0.25, 0.3) is 0 Å². The van der Waals surface area contributed by atoms with Crippen molar-refractivity contribution in [3.8, 4) is 0 Å². The van der Waals surface area contributed by atoms with Gasteiger partial charge in [0.05, 0.1) is 16.1 Å². The van der Waals surface area contributed by atoms with Gasteiger partial charge < -0.3 is 14.9 Å². The Morgan fingerprint density at radius 1 is 0.500 bits per heavy atom. The molecule has 0 spiro atoms. The molecule has 0 amide bonds. The van der Waals surface area contributed by atoms with Crippen LogP contribution < -0.4 is 10.4 Å². The Bertz CT molecular complexity index is 1530. The van der Waals surface area contributed by atoms with Crippen molar-refractivity contribution in [3.63, 3.8) is 0 Å². The molecule has 6 aromatic rings. The summed E-state index contributed by atoms with van der Waals surface area (Å²) in [5.74, 6) is 0. The second-order valence-electron chi connectivity index (χ2n) is 11.6. The maximum atomic E-state index is 2.97. The van der Waals surface area contributed by atoms with Crippen LogP contribution in [-0.2, 0) is 19.2 Å². The van der Waals surface area contributed by atoms with Crippen LogP contribution in [0.4, 0.5) is 0 Å². The standard InChI is InChI=1S/2C16H17Si.2CH3.2ClH.Si.Ti/c2*1-17(2,3)14-10-13-9-8-12-6-4-5-7-15(12)16(13)11-14;;;;;;/h2*4-11H,1-3H3;2*1H3;2*1H;;/q4*-1;;;;. The topological polar surface area (TPSA) is 0 Å². The fraction of sp³-hybridized carbons (Fsp3) is 0.176. The van der Waals surface area contributed by atoms with Crippen molar-refractivity contribution in [1.29, 1.82) is 0 Å². The second-order valence-corrected chi connectivity index (χ2v) is 21.7. The number of benzene rings is 4. The minimum atomic E-state index is -1.20. The van der Waals surface area contributed by atoms with Crippen LogP contribution in [0.5, 0.6) is 0 Å². The molecule has 0 saturated heterocycles. The molecule has 6 rings (SSSR count). The molecule has 0 saturated carbocycles. The van der Waals surface area contributed by atoms with Gasteiger partial charge >= 0.3 is 26.8 Å². The first-order chi connectivity index (χ1) is 17.1. The number of rotatable bonds is 2. The van der Waals surface area contributed by atoms with Gasteiger partial charge in [-0.05, 0) is 0 Å². The summed E-state index contributed by atoms with van der Waals surface area (Å²) in [4.78, 5) is 0. The van der Waals surface area contributed by atoms with Gasteiger partial charge in [-0.3, -0.25) is 0 Å². The Balaban J connectivity index is 0.000000655. The molecule has 0 aliphatic rings. The van der Waals surface area contributed by atoms with Crippen molar-refractivity contribution in [2.45, 2.75) is 39.3 Å². The van der Waals surface area contributed by atoms with Crippen molar-refractivity contribution in [3.05, 3.63) is 112 Å². The summed E-state index contributed by atoms with van der Waals surface area (Å²) >= 11 is 1.81. The first kappa shape index (κ1) is 38.6. The van der Waals surface area contributed by atoms with Crippen LogP contribution in [-0.4, -0.2) is 23.8 Å². The average molecular weight is 654 g/mol. The third-order valence-corrected chi connectivity index (χ3v) is 11.0. The van der Waals surface area contributed by atoms with Gasteiger partial charge in [0.1, 0.15) is 0 Å². The zero-order chi connectivity index (χ0) is 26.1. The van der Waals surface area contributed by atoms with E-state index in [0.717, 1.165) is 0 Å².